The molecule has 0 aliphatic rings. The number of nitrogens with zero attached hydrogens (tertiary/aromatic N) is 4. The van der Waals surface area contributed by atoms with Gasteiger partial charge in [0.05, 0.1) is 10.9 Å². The number of benzene rings is 2. The minimum atomic E-state index is -4.49. The number of urea groups is 1. The molecule has 0 radical (unpaired) electrons. The van der Waals surface area contributed by atoms with Crippen LogP contribution in [0.1, 0.15) is 25.5 Å². The molecule has 2 amide bonds. The van der Waals surface area contributed by atoms with E-state index in [1.807, 2.05) is 13.8 Å². The van der Waals surface area contributed by atoms with E-state index >= 15 is 0 Å². The highest BCUT2D eigenvalue weighted by molar-refractivity contribution is 6.01. The number of nitrogen functional groups attached to an aromatic ring is 1. The number of carbonyl (C=O) groups excluding carboxylic acids is 1. The number of rotatable bonds is 4. The molecular weight excluding hydrogens is 471 g/mol. The Balaban J connectivity index is 0.00000324. The summed E-state index contributed by atoms with van der Waals surface area (Å²) in [5.41, 5.74) is 7.67. The number of carbonyl (C=O) groups is 1. The number of aromatic nitrogens is 4. The molecule has 34 heavy (non-hydrogen) atoms. The van der Waals surface area contributed by atoms with E-state index in [-0.39, 0.29) is 24.1 Å². The molecule has 0 saturated carbocycles. The van der Waals surface area contributed by atoms with Crippen molar-refractivity contribution in [2.45, 2.75) is 26.1 Å². The lowest BCUT2D eigenvalue weighted by atomic mass is 10.1. The molecule has 0 aliphatic carbocycles. The summed E-state index contributed by atoms with van der Waals surface area (Å²) in [6, 6.07) is 10.6. The van der Waals surface area contributed by atoms with Crippen molar-refractivity contribution >= 4 is 46.7 Å². The smallest absolute Gasteiger partial charge is 0.383 e. The number of halogens is 4. The van der Waals surface area contributed by atoms with Gasteiger partial charge in [-0.15, -0.1) is 12.4 Å². The molecular formula is C22H21ClF3N7O. The van der Waals surface area contributed by atoms with Crippen molar-refractivity contribution in [1.82, 2.24) is 19.7 Å². The van der Waals surface area contributed by atoms with Crippen molar-refractivity contribution in [3.8, 4) is 11.3 Å². The van der Waals surface area contributed by atoms with Gasteiger partial charge in [-0.2, -0.15) is 18.3 Å². The number of hydrogen-bond donors (Lipinski definition) is 3. The monoisotopic (exact) mass is 491 g/mol. The van der Waals surface area contributed by atoms with Crippen molar-refractivity contribution in [3.05, 3.63) is 60.4 Å². The summed E-state index contributed by atoms with van der Waals surface area (Å²) in [4.78, 5) is 20.6. The molecule has 2 heterocycles. The van der Waals surface area contributed by atoms with Crippen LogP contribution in [0.4, 0.5) is 35.2 Å². The zero-order valence-electron chi connectivity index (χ0n) is 18.1. The highest BCUT2D eigenvalue weighted by atomic mass is 35.5. The summed E-state index contributed by atoms with van der Waals surface area (Å²) in [7, 11) is 0. The molecule has 0 aliphatic heterocycles. The van der Waals surface area contributed by atoms with Gasteiger partial charge in [-0.05, 0) is 44.2 Å². The van der Waals surface area contributed by atoms with Crippen LogP contribution in [0, 0.1) is 0 Å². The lowest BCUT2D eigenvalue weighted by Crippen LogP contribution is -2.19. The largest absolute Gasteiger partial charge is 0.416 e. The molecule has 0 atom stereocenters. The molecule has 178 valence electrons. The second-order valence-electron chi connectivity index (χ2n) is 7.58. The zero-order valence-corrected chi connectivity index (χ0v) is 18.9. The standard InChI is InChI=1S/C22H20F3N7O.ClH/c1-12(2)32-20-17(19(26)27-11-28-20)18(31-32)13-6-8-15(9-7-13)29-21(33)30-16-5-3-4-14(10-16)22(23,24)25;/h3-12H,1-2H3,(H2,26,27,28)(H2,29,30,33);1H. The Kier molecular flexibility index (Phi) is 6.96. The summed E-state index contributed by atoms with van der Waals surface area (Å²) in [6.07, 6.45) is -3.11. The van der Waals surface area contributed by atoms with Crippen LogP contribution in [0.5, 0.6) is 0 Å². The molecule has 2 aromatic carbocycles. The zero-order chi connectivity index (χ0) is 23.8. The Morgan fingerprint density at radius 3 is 2.35 bits per heavy atom. The van der Waals surface area contributed by atoms with Gasteiger partial charge in [-0.25, -0.2) is 19.4 Å². The first-order chi connectivity index (χ1) is 15.6. The van der Waals surface area contributed by atoms with Gasteiger partial charge in [-0.1, -0.05) is 18.2 Å². The molecule has 4 aromatic rings. The quantitative estimate of drug-likeness (QED) is 0.337. The molecule has 12 heteroatoms. The maximum Gasteiger partial charge on any atom is 0.416 e. The predicted octanol–water partition coefficient (Wildman–Crippen LogP) is 5.74. The number of hydrogen-bond acceptors (Lipinski definition) is 5. The van der Waals surface area contributed by atoms with Crippen LogP contribution < -0.4 is 16.4 Å². The number of fused-ring (bicyclic) bond motifs is 1. The first kappa shape index (κ1) is 24.8. The van der Waals surface area contributed by atoms with E-state index in [1.54, 1.807) is 28.9 Å². The lowest BCUT2D eigenvalue weighted by Gasteiger charge is -2.11. The fraction of sp³-hybridized carbons (Fsp3) is 0.182. The molecule has 4 rings (SSSR count). The van der Waals surface area contributed by atoms with Crippen molar-refractivity contribution in [1.29, 1.82) is 0 Å². The third kappa shape index (κ3) is 5.04. The second-order valence-corrected chi connectivity index (χ2v) is 7.58. The van der Waals surface area contributed by atoms with Gasteiger partial charge in [0.15, 0.2) is 5.65 Å². The average molecular weight is 492 g/mol. The first-order valence-electron chi connectivity index (χ1n) is 9.98. The second kappa shape index (κ2) is 9.56. The molecule has 0 unspecified atom stereocenters. The summed E-state index contributed by atoms with van der Waals surface area (Å²) in [5, 5.41) is 10.3. The molecule has 0 saturated heterocycles. The van der Waals surface area contributed by atoms with Crippen molar-refractivity contribution in [2.24, 2.45) is 0 Å². The van der Waals surface area contributed by atoms with E-state index in [1.165, 1.54) is 18.5 Å². The molecule has 4 N–H and O–H groups in total. The Hall–Kier alpha value is -3.86. The molecule has 0 spiro atoms. The molecule has 8 nitrogen and oxygen atoms in total. The van der Waals surface area contributed by atoms with Crippen LogP contribution in [0.25, 0.3) is 22.3 Å². The minimum absolute atomic E-state index is 0. The number of nitrogens with two attached hydrogens (primary N) is 1. The van der Waals surface area contributed by atoms with Crippen LogP contribution in [0.2, 0.25) is 0 Å². The van der Waals surface area contributed by atoms with Crippen LogP contribution in [-0.4, -0.2) is 25.8 Å². The van der Waals surface area contributed by atoms with Crippen molar-refractivity contribution in [3.63, 3.8) is 0 Å². The fourth-order valence-corrected chi connectivity index (χ4v) is 3.34. The number of nitrogens with one attached hydrogen (secondary N) is 2. The maximum absolute atomic E-state index is 12.8. The summed E-state index contributed by atoms with van der Waals surface area (Å²) >= 11 is 0. The van der Waals surface area contributed by atoms with Crippen LogP contribution in [-0.2, 0) is 6.18 Å². The van der Waals surface area contributed by atoms with E-state index in [4.69, 9.17) is 5.73 Å². The van der Waals surface area contributed by atoms with Gasteiger partial charge >= 0.3 is 12.2 Å². The highest BCUT2D eigenvalue weighted by Gasteiger charge is 2.30. The SMILES string of the molecule is CC(C)n1nc(-c2ccc(NC(=O)Nc3cccc(C(F)(F)F)c3)cc2)c2c(N)ncnc21.Cl. The average Bonchev–Trinajstić information content (AvgIpc) is 3.15. The van der Waals surface area contributed by atoms with Crippen LogP contribution in [0.3, 0.4) is 0 Å². The maximum atomic E-state index is 12.8. The van der Waals surface area contributed by atoms with Crippen molar-refractivity contribution < 1.29 is 18.0 Å². The van der Waals surface area contributed by atoms with Gasteiger partial charge in [-0.3, -0.25) is 0 Å². The van der Waals surface area contributed by atoms with E-state index in [0.29, 0.717) is 28.2 Å². The number of anilines is 3. The molecule has 2 aromatic heterocycles. The summed E-state index contributed by atoms with van der Waals surface area (Å²) in [5.74, 6) is 0.310. The van der Waals surface area contributed by atoms with E-state index in [9.17, 15) is 18.0 Å². The van der Waals surface area contributed by atoms with Gasteiger partial charge in [0.25, 0.3) is 0 Å². The predicted molar refractivity (Wildman–Crippen MR) is 127 cm³/mol. The highest BCUT2D eigenvalue weighted by Crippen LogP contribution is 2.32. The van der Waals surface area contributed by atoms with E-state index < -0.39 is 17.8 Å². The summed E-state index contributed by atoms with van der Waals surface area (Å²) in [6.45, 7) is 3.95. The Morgan fingerprint density at radius 1 is 1.03 bits per heavy atom. The molecule has 0 fully saturated rings. The number of amides is 2. The topological polar surface area (TPSA) is 111 Å². The first-order valence-corrected chi connectivity index (χ1v) is 9.98. The van der Waals surface area contributed by atoms with Crippen LogP contribution in [0.15, 0.2) is 54.9 Å². The number of alkyl halides is 3. The fourth-order valence-electron chi connectivity index (χ4n) is 3.34. The Bertz CT molecular complexity index is 1320. The van der Waals surface area contributed by atoms with Gasteiger partial charge in [0, 0.05) is 23.0 Å². The molecule has 0 bridgehead atoms. The Morgan fingerprint density at radius 2 is 1.71 bits per heavy atom. The van der Waals surface area contributed by atoms with Gasteiger partial charge in [0.1, 0.15) is 17.8 Å². The van der Waals surface area contributed by atoms with Gasteiger partial charge < -0.3 is 16.4 Å². The summed E-state index contributed by atoms with van der Waals surface area (Å²) < 4.78 is 40.3. The van der Waals surface area contributed by atoms with E-state index in [2.05, 4.69) is 25.7 Å². The third-order valence-corrected chi connectivity index (χ3v) is 4.87. The third-order valence-electron chi connectivity index (χ3n) is 4.87. The van der Waals surface area contributed by atoms with E-state index in [0.717, 1.165) is 17.7 Å². The Labute approximate surface area is 198 Å². The normalized spacial score (nSPS) is 11.4. The van der Waals surface area contributed by atoms with Crippen molar-refractivity contribution in [2.75, 3.05) is 16.4 Å². The van der Waals surface area contributed by atoms with Crippen LogP contribution >= 0.6 is 12.4 Å². The van der Waals surface area contributed by atoms with Gasteiger partial charge in [0.2, 0.25) is 0 Å². The minimum Gasteiger partial charge on any atom is -0.383 e. The lowest BCUT2D eigenvalue weighted by molar-refractivity contribution is -0.137.